The number of carbonyl (C=O) groups excluding carboxylic acids is 2. The van der Waals surface area contributed by atoms with Crippen LogP contribution in [0.2, 0.25) is 5.02 Å². The molecule has 9 nitrogen and oxygen atoms in total. The molecule has 1 fully saturated rings. The van der Waals surface area contributed by atoms with Crippen molar-refractivity contribution >= 4 is 23.5 Å². The fourth-order valence-corrected chi connectivity index (χ4v) is 3.37. The van der Waals surface area contributed by atoms with Gasteiger partial charge in [0, 0.05) is 25.6 Å². The highest BCUT2D eigenvalue weighted by atomic mass is 35.5. The van der Waals surface area contributed by atoms with Crippen LogP contribution in [0.1, 0.15) is 40.3 Å². The zero-order valence-electron chi connectivity index (χ0n) is 16.7. The summed E-state index contributed by atoms with van der Waals surface area (Å²) in [4.78, 5) is 31.0. The van der Waals surface area contributed by atoms with Crippen LogP contribution in [0.15, 0.2) is 24.7 Å². The number of halogens is 1. The predicted molar refractivity (Wildman–Crippen MR) is 103 cm³/mol. The van der Waals surface area contributed by atoms with Gasteiger partial charge in [-0.25, -0.2) is 4.79 Å². The lowest BCUT2D eigenvalue weighted by Gasteiger charge is -2.26. The SMILES string of the molecule is COC(=O)c1ccncc1C(=O)N(Cc1nn(C)cc1Cl)C[C@@H]1COC(C)(C)O1. The second-order valence-corrected chi connectivity index (χ2v) is 7.55. The molecule has 0 N–H and O–H groups in total. The number of esters is 1. The third-order valence-electron chi connectivity index (χ3n) is 4.43. The smallest absolute Gasteiger partial charge is 0.338 e. The number of amides is 1. The first-order valence-electron chi connectivity index (χ1n) is 9.01. The minimum absolute atomic E-state index is 0.129. The van der Waals surface area contributed by atoms with E-state index in [0.29, 0.717) is 17.3 Å². The Bertz CT molecular complexity index is 914. The van der Waals surface area contributed by atoms with Crippen molar-refractivity contribution in [1.29, 1.82) is 0 Å². The average Bonchev–Trinajstić information content (AvgIpc) is 3.19. The van der Waals surface area contributed by atoms with Gasteiger partial charge in [-0.1, -0.05) is 11.6 Å². The lowest BCUT2D eigenvalue weighted by Crippen LogP contribution is -2.39. The first kappa shape index (κ1) is 21.2. The molecule has 1 atom stereocenters. The molecule has 0 bridgehead atoms. The van der Waals surface area contributed by atoms with E-state index in [1.54, 1.807) is 17.9 Å². The molecule has 156 valence electrons. The summed E-state index contributed by atoms with van der Waals surface area (Å²) >= 11 is 6.24. The van der Waals surface area contributed by atoms with Crippen molar-refractivity contribution in [1.82, 2.24) is 19.7 Å². The van der Waals surface area contributed by atoms with E-state index in [2.05, 4.69) is 10.1 Å². The van der Waals surface area contributed by atoms with Gasteiger partial charge in [0.15, 0.2) is 5.79 Å². The van der Waals surface area contributed by atoms with E-state index in [0.717, 1.165) is 0 Å². The molecular formula is C19H23ClN4O5. The number of aromatic nitrogens is 3. The molecule has 0 aromatic carbocycles. The number of rotatable bonds is 6. The number of methoxy groups -OCH3 is 1. The summed E-state index contributed by atoms with van der Waals surface area (Å²) in [6.07, 6.45) is 4.09. The number of aryl methyl sites for hydroxylation is 1. The molecule has 10 heteroatoms. The van der Waals surface area contributed by atoms with Crippen LogP contribution < -0.4 is 0 Å². The molecule has 1 aliphatic rings. The Labute approximate surface area is 173 Å². The molecule has 3 rings (SSSR count). The van der Waals surface area contributed by atoms with E-state index < -0.39 is 17.7 Å². The molecule has 0 spiro atoms. The highest BCUT2D eigenvalue weighted by molar-refractivity contribution is 6.31. The zero-order valence-corrected chi connectivity index (χ0v) is 17.5. The van der Waals surface area contributed by atoms with E-state index >= 15 is 0 Å². The Balaban J connectivity index is 1.91. The topological polar surface area (TPSA) is 95.8 Å². The summed E-state index contributed by atoms with van der Waals surface area (Å²) in [6.45, 7) is 4.32. The molecule has 1 aliphatic heterocycles. The minimum atomic E-state index is -0.729. The number of ether oxygens (including phenoxy) is 3. The highest BCUT2D eigenvalue weighted by Gasteiger charge is 2.35. The number of hydrogen-bond donors (Lipinski definition) is 0. The molecule has 2 aromatic rings. The van der Waals surface area contributed by atoms with Crippen LogP contribution in [0, 0.1) is 0 Å². The molecule has 0 saturated carbocycles. The van der Waals surface area contributed by atoms with Crippen molar-refractivity contribution in [2.75, 3.05) is 20.3 Å². The number of hydrogen-bond acceptors (Lipinski definition) is 7. The van der Waals surface area contributed by atoms with Gasteiger partial charge in [0.1, 0.15) is 11.8 Å². The fourth-order valence-electron chi connectivity index (χ4n) is 3.13. The van der Waals surface area contributed by atoms with Gasteiger partial charge < -0.3 is 19.1 Å². The second kappa shape index (κ2) is 8.48. The van der Waals surface area contributed by atoms with E-state index in [-0.39, 0.29) is 30.3 Å². The summed E-state index contributed by atoms with van der Waals surface area (Å²) in [6, 6.07) is 1.45. The molecule has 3 heterocycles. The monoisotopic (exact) mass is 422 g/mol. The summed E-state index contributed by atoms with van der Waals surface area (Å²) in [5, 5.41) is 4.75. The average molecular weight is 423 g/mol. The highest BCUT2D eigenvalue weighted by Crippen LogP contribution is 2.25. The molecule has 0 radical (unpaired) electrons. The van der Waals surface area contributed by atoms with Gasteiger partial charge in [0.25, 0.3) is 5.91 Å². The van der Waals surface area contributed by atoms with E-state index in [1.165, 1.54) is 30.5 Å². The maximum Gasteiger partial charge on any atom is 0.338 e. The number of nitrogens with zero attached hydrogens (tertiary/aromatic N) is 4. The van der Waals surface area contributed by atoms with Gasteiger partial charge in [-0.15, -0.1) is 0 Å². The van der Waals surface area contributed by atoms with Gasteiger partial charge in [0.05, 0.1) is 43.0 Å². The van der Waals surface area contributed by atoms with Gasteiger partial charge in [-0.05, 0) is 19.9 Å². The second-order valence-electron chi connectivity index (χ2n) is 7.15. The fraction of sp³-hybridized carbons (Fsp3) is 0.474. The van der Waals surface area contributed by atoms with Gasteiger partial charge in [0.2, 0.25) is 0 Å². The Morgan fingerprint density at radius 2 is 2.17 bits per heavy atom. The maximum absolute atomic E-state index is 13.4. The van der Waals surface area contributed by atoms with Crippen LogP contribution in [0.5, 0.6) is 0 Å². The standard InChI is InChI=1S/C19H23ClN4O5/c1-19(2)28-11-12(29-19)8-24(10-16-15(20)9-23(3)22-16)17(25)14-7-21-6-5-13(14)18(26)27-4/h5-7,9,12H,8,10-11H2,1-4H3/t12-/m1/s1. The lowest BCUT2D eigenvalue weighted by molar-refractivity contribution is -0.139. The zero-order chi connectivity index (χ0) is 21.2. The molecule has 2 aromatic heterocycles. The molecular weight excluding hydrogens is 400 g/mol. The summed E-state index contributed by atoms with van der Waals surface area (Å²) in [7, 11) is 3.00. The van der Waals surface area contributed by atoms with Crippen LogP contribution in [-0.4, -0.2) is 63.7 Å². The molecule has 1 saturated heterocycles. The first-order chi connectivity index (χ1) is 13.7. The van der Waals surface area contributed by atoms with E-state index in [1.807, 2.05) is 13.8 Å². The third kappa shape index (κ3) is 4.92. The normalized spacial score (nSPS) is 17.9. The minimum Gasteiger partial charge on any atom is -0.465 e. The van der Waals surface area contributed by atoms with Gasteiger partial charge >= 0.3 is 5.97 Å². The van der Waals surface area contributed by atoms with Crippen molar-refractivity contribution in [2.24, 2.45) is 7.05 Å². The Morgan fingerprint density at radius 1 is 1.41 bits per heavy atom. The van der Waals surface area contributed by atoms with Gasteiger partial charge in [-0.2, -0.15) is 5.10 Å². The molecule has 1 amide bonds. The molecule has 29 heavy (non-hydrogen) atoms. The van der Waals surface area contributed by atoms with E-state index in [9.17, 15) is 9.59 Å². The van der Waals surface area contributed by atoms with Crippen molar-refractivity contribution < 1.29 is 23.8 Å². The van der Waals surface area contributed by atoms with Crippen LogP contribution in [0.4, 0.5) is 0 Å². The Kier molecular flexibility index (Phi) is 6.21. The van der Waals surface area contributed by atoms with Crippen LogP contribution >= 0.6 is 11.6 Å². The molecule has 0 unspecified atom stereocenters. The van der Waals surface area contributed by atoms with Crippen molar-refractivity contribution in [3.8, 4) is 0 Å². The first-order valence-corrected chi connectivity index (χ1v) is 9.39. The largest absolute Gasteiger partial charge is 0.465 e. The van der Waals surface area contributed by atoms with Crippen molar-refractivity contribution in [3.63, 3.8) is 0 Å². The quantitative estimate of drug-likeness (QED) is 0.657. The van der Waals surface area contributed by atoms with E-state index in [4.69, 9.17) is 25.8 Å². The summed E-state index contributed by atoms with van der Waals surface area (Å²) in [5.41, 5.74) is 0.794. The number of pyridine rings is 1. The summed E-state index contributed by atoms with van der Waals surface area (Å²) < 4.78 is 17.8. The number of carbonyl (C=O) groups is 2. The van der Waals surface area contributed by atoms with Crippen molar-refractivity contribution in [3.05, 3.63) is 46.5 Å². The lowest BCUT2D eigenvalue weighted by atomic mass is 10.1. The Hall–Kier alpha value is -2.49. The predicted octanol–water partition coefficient (Wildman–Crippen LogP) is 2.05. The van der Waals surface area contributed by atoms with Crippen LogP contribution in [0.3, 0.4) is 0 Å². The van der Waals surface area contributed by atoms with Crippen molar-refractivity contribution in [2.45, 2.75) is 32.3 Å². The van der Waals surface area contributed by atoms with Gasteiger partial charge in [-0.3, -0.25) is 14.5 Å². The van der Waals surface area contributed by atoms with Crippen LogP contribution in [0.25, 0.3) is 0 Å². The third-order valence-corrected chi connectivity index (χ3v) is 4.75. The Morgan fingerprint density at radius 3 is 2.76 bits per heavy atom. The summed E-state index contributed by atoms with van der Waals surface area (Å²) in [5.74, 6) is -1.75. The van der Waals surface area contributed by atoms with Crippen LogP contribution in [-0.2, 0) is 27.8 Å². The molecule has 0 aliphatic carbocycles. The maximum atomic E-state index is 13.4.